The van der Waals surface area contributed by atoms with Crippen LogP contribution in [0.2, 0.25) is 0 Å². The molecule has 38 heavy (non-hydrogen) atoms. The molecule has 0 radical (unpaired) electrons. The number of nitrogens with zero attached hydrogens (tertiary/aromatic N) is 6. The number of anilines is 2. The number of aromatic nitrogens is 5. The van der Waals surface area contributed by atoms with Gasteiger partial charge in [0.2, 0.25) is 5.95 Å². The first-order chi connectivity index (χ1) is 18.1. The van der Waals surface area contributed by atoms with E-state index in [1.165, 1.54) is 18.3 Å². The van der Waals surface area contributed by atoms with Crippen LogP contribution in [0.1, 0.15) is 42.5 Å². The van der Waals surface area contributed by atoms with Gasteiger partial charge in [0.05, 0.1) is 36.2 Å². The van der Waals surface area contributed by atoms with Crippen LogP contribution in [-0.2, 0) is 10.3 Å². The summed E-state index contributed by atoms with van der Waals surface area (Å²) in [5, 5.41) is 11.0. The summed E-state index contributed by atoms with van der Waals surface area (Å²) in [5.41, 5.74) is 2.52. The molecule has 9 nitrogen and oxygen atoms in total. The largest absolute Gasteiger partial charge is 0.378 e. The first-order valence-corrected chi connectivity index (χ1v) is 12.3. The molecule has 4 heterocycles. The summed E-state index contributed by atoms with van der Waals surface area (Å²) >= 11 is 0. The number of carbonyl (C=O) groups is 1. The number of benzene rings is 1. The lowest BCUT2D eigenvalue weighted by Crippen LogP contribution is -2.36. The molecule has 1 N–H and O–H groups in total. The molecule has 1 aliphatic heterocycles. The van der Waals surface area contributed by atoms with E-state index in [2.05, 4.69) is 32.0 Å². The summed E-state index contributed by atoms with van der Waals surface area (Å²) in [5.74, 6) is -1.72. The molecule has 0 spiro atoms. The molecule has 3 aromatic heterocycles. The highest BCUT2D eigenvalue weighted by Crippen LogP contribution is 2.32. The first kappa shape index (κ1) is 25.5. The molecule has 0 aliphatic carbocycles. The Morgan fingerprint density at radius 3 is 2.58 bits per heavy atom. The molecule has 5 rings (SSSR count). The highest BCUT2D eigenvalue weighted by molar-refractivity contribution is 6.05. The molecule has 1 aliphatic rings. The fourth-order valence-corrected chi connectivity index (χ4v) is 4.49. The highest BCUT2D eigenvalue weighted by Gasteiger charge is 2.24. The average Bonchev–Trinajstić information content (AvgIpc) is 3.47. The molecule has 0 atom stereocenters. The van der Waals surface area contributed by atoms with Crippen LogP contribution in [0.25, 0.3) is 22.9 Å². The van der Waals surface area contributed by atoms with E-state index >= 15 is 4.39 Å². The van der Waals surface area contributed by atoms with Crippen LogP contribution in [-0.4, -0.2) is 56.6 Å². The second-order valence-electron chi connectivity index (χ2n) is 10.2. The molecular formula is C27H29F2N7O2. The Labute approximate surface area is 218 Å². The number of nitrogens with one attached hydrogen (secondary N) is 1. The van der Waals surface area contributed by atoms with E-state index in [0.717, 1.165) is 15.9 Å². The van der Waals surface area contributed by atoms with Crippen molar-refractivity contribution in [1.29, 1.82) is 0 Å². The van der Waals surface area contributed by atoms with Crippen molar-refractivity contribution in [1.82, 2.24) is 24.4 Å². The van der Waals surface area contributed by atoms with Crippen molar-refractivity contribution in [2.45, 2.75) is 33.2 Å². The maximum atomic E-state index is 15.0. The molecule has 11 heteroatoms. The van der Waals surface area contributed by atoms with Crippen molar-refractivity contribution in [2.75, 3.05) is 36.5 Å². The maximum absolute atomic E-state index is 15.0. The molecule has 0 saturated carbocycles. The number of hydrogen-bond donors (Lipinski definition) is 1. The third-order valence-corrected chi connectivity index (χ3v) is 6.43. The van der Waals surface area contributed by atoms with Gasteiger partial charge in [-0.25, -0.2) is 18.6 Å². The van der Waals surface area contributed by atoms with Crippen molar-refractivity contribution >= 4 is 29.0 Å². The van der Waals surface area contributed by atoms with Gasteiger partial charge in [0, 0.05) is 24.8 Å². The fourth-order valence-electron chi connectivity index (χ4n) is 4.49. The number of aryl methyl sites for hydroxylation is 1. The Morgan fingerprint density at radius 2 is 1.92 bits per heavy atom. The van der Waals surface area contributed by atoms with Crippen LogP contribution in [0, 0.1) is 18.7 Å². The summed E-state index contributed by atoms with van der Waals surface area (Å²) in [6.07, 6.45) is 4.58. The number of pyridine rings is 1. The van der Waals surface area contributed by atoms with Gasteiger partial charge in [-0.15, -0.1) is 5.10 Å². The summed E-state index contributed by atoms with van der Waals surface area (Å²) < 4.78 is 38.2. The van der Waals surface area contributed by atoms with Gasteiger partial charge < -0.3 is 15.0 Å². The maximum Gasteiger partial charge on any atom is 0.258 e. The highest BCUT2D eigenvalue weighted by atomic mass is 19.1. The molecule has 198 valence electrons. The van der Waals surface area contributed by atoms with Gasteiger partial charge in [-0.1, -0.05) is 6.58 Å². The van der Waals surface area contributed by atoms with Gasteiger partial charge in [0.1, 0.15) is 11.5 Å². The number of halogens is 2. The Balaban J connectivity index is 1.56. The second kappa shape index (κ2) is 9.64. The number of fused-ring (bicyclic) bond motifs is 1. The Bertz CT molecular complexity index is 1550. The van der Waals surface area contributed by atoms with Crippen LogP contribution in [0.3, 0.4) is 0 Å². The van der Waals surface area contributed by atoms with Crippen molar-refractivity contribution in [2.24, 2.45) is 0 Å². The molecule has 1 fully saturated rings. The summed E-state index contributed by atoms with van der Waals surface area (Å²) in [7, 11) is 0. The number of amides is 1. The van der Waals surface area contributed by atoms with Gasteiger partial charge in [0.25, 0.3) is 5.91 Å². The predicted octanol–water partition coefficient (Wildman–Crippen LogP) is 4.67. The SMILES string of the molecule is C=Cc1nc2c(N3CCOCC3)cc(-c3cc(C(=O)Nc4cnn(C(C)(C)C)c4F)c(F)cc3C)cn2n1. The zero-order valence-electron chi connectivity index (χ0n) is 21.8. The van der Waals surface area contributed by atoms with Crippen molar-refractivity contribution < 1.29 is 18.3 Å². The number of rotatable bonds is 5. The summed E-state index contributed by atoms with van der Waals surface area (Å²) in [6, 6.07) is 4.73. The Hall–Kier alpha value is -4.12. The summed E-state index contributed by atoms with van der Waals surface area (Å²) in [6.45, 7) is 13.4. The average molecular weight is 522 g/mol. The van der Waals surface area contributed by atoms with Crippen LogP contribution in [0.4, 0.5) is 20.2 Å². The molecule has 1 aromatic carbocycles. The van der Waals surface area contributed by atoms with E-state index in [1.807, 2.05) is 6.07 Å². The van der Waals surface area contributed by atoms with E-state index in [0.29, 0.717) is 48.9 Å². The van der Waals surface area contributed by atoms with Crippen LogP contribution < -0.4 is 10.2 Å². The number of hydrogen-bond acceptors (Lipinski definition) is 6. The molecule has 0 bridgehead atoms. The van der Waals surface area contributed by atoms with Crippen molar-refractivity contribution in [3.8, 4) is 11.1 Å². The van der Waals surface area contributed by atoms with Gasteiger partial charge in [-0.3, -0.25) is 4.79 Å². The van der Waals surface area contributed by atoms with Crippen LogP contribution >= 0.6 is 0 Å². The minimum absolute atomic E-state index is 0.123. The quantitative estimate of drug-likeness (QED) is 0.411. The number of morpholine rings is 1. The topological polar surface area (TPSA) is 89.6 Å². The van der Waals surface area contributed by atoms with Crippen molar-refractivity contribution in [3.63, 3.8) is 0 Å². The smallest absolute Gasteiger partial charge is 0.258 e. The Kier molecular flexibility index (Phi) is 6.47. The van der Waals surface area contributed by atoms with Crippen LogP contribution in [0.5, 0.6) is 0 Å². The number of carbonyl (C=O) groups excluding carboxylic acids is 1. The van der Waals surface area contributed by atoms with E-state index < -0.39 is 23.2 Å². The fraction of sp³-hybridized carbons (Fsp3) is 0.333. The molecular weight excluding hydrogens is 492 g/mol. The van der Waals surface area contributed by atoms with Gasteiger partial charge in [-0.05, 0) is 63.1 Å². The zero-order valence-corrected chi connectivity index (χ0v) is 21.8. The van der Waals surface area contributed by atoms with E-state index in [-0.39, 0.29) is 11.3 Å². The van der Waals surface area contributed by atoms with Gasteiger partial charge in [-0.2, -0.15) is 9.49 Å². The lowest BCUT2D eigenvalue weighted by Gasteiger charge is -2.29. The second-order valence-corrected chi connectivity index (χ2v) is 10.2. The predicted molar refractivity (Wildman–Crippen MR) is 141 cm³/mol. The summed E-state index contributed by atoms with van der Waals surface area (Å²) in [4.78, 5) is 19.8. The lowest BCUT2D eigenvalue weighted by molar-refractivity contribution is 0.102. The third kappa shape index (κ3) is 4.65. The number of ether oxygens (including phenoxy) is 1. The van der Waals surface area contributed by atoms with E-state index in [1.54, 1.807) is 44.5 Å². The van der Waals surface area contributed by atoms with Crippen molar-refractivity contribution in [3.05, 3.63) is 65.9 Å². The van der Waals surface area contributed by atoms with E-state index in [9.17, 15) is 9.18 Å². The minimum Gasteiger partial charge on any atom is -0.378 e. The standard InChI is InChI=1S/C27H29F2N7O2/c1-6-23-32-25-22(34-7-9-38-10-8-34)12-17(15-35(25)33-23)18-13-19(20(28)11-16(18)2)26(37)31-21-14-30-36(24(21)29)27(3,4)5/h6,11-15H,1,7-10H2,2-5H3,(H,31,37). The van der Waals surface area contributed by atoms with Gasteiger partial charge in [0.15, 0.2) is 11.5 Å². The lowest BCUT2D eigenvalue weighted by atomic mass is 9.98. The monoisotopic (exact) mass is 521 g/mol. The molecule has 1 saturated heterocycles. The molecule has 0 unspecified atom stereocenters. The Morgan fingerprint density at radius 1 is 1.18 bits per heavy atom. The third-order valence-electron chi connectivity index (χ3n) is 6.43. The minimum atomic E-state index is -0.778. The normalized spacial score (nSPS) is 14.2. The van der Waals surface area contributed by atoms with Gasteiger partial charge >= 0.3 is 0 Å². The molecule has 4 aromatic rings. The zero-order chi connectivity index (χ0) is 27.2. The van der Waals surface area contributed by atoms with E-state index in [4.69, 9.17) is 4.74 Å². The molecule has 1 amide bonds. The first-order valence-electron chi connectivity index (χ1n) is 12.3. The van der Waals surface area contributed by atoms with Crippen LogP contribution in [0.15, 0.2) is 37.2 Å².